The first kappa shape index (κ1) is 33.2. The van der Waals surface area contributed by atoms with Crippen LogP contribution in [-0.4, -0.2) is 4.98 Å². The summed E-state index contributed by atoms with van der Waals surface area (Å²) in [6.07, 6.45) is 39.7. The lowest BCUT2D eigenvalue weighted by Gasteiger charge is -2.17. The van der Waals surface area contributed by atoms with Crippen LogP contribution in [0.2, 0.25) is 0 Å². The predicted molar refractivity (Wildman–Crippen MR) is 161 cm³/mol. The monoisotopic (exact) mass is 504 g/mol. The molecule has 0 saturated heterocycles. The minimum atomic E-state index is 0.622. The molecule has 2 heteroatoms. The Kier molecular flexibility index (Phi) is 22.7. The molecule has 2 unspecified atom stereocenters. The third kappa shape index (κ3) is 16.9. The fourth-order valence-electron chi connectivity index (χ4n) is 5.90. The van der Waals surface area contributed by atoms with Gasteiger partial charge in [0.15, 0.2) is 0 Å². The van der Waals surface area contributed by atoms with E-state index in [-0.39, 0.29) is 0 Å². The van der Waals surface area contributed by atoms with Crippen molar-refractivity contribution in [3.8, 4) is 0 Å². The molecule has 212 valence electrons. The Hall–Kier alpha value is -0.790. The smallest absolute Gasteiger partial charge is 0.247 e. The maximum Gasteiger partial charge on any atom is 0.257 e. The summed E-state index contributed by atoms with van der Waals surface area (Å²) in [5.41, 5.74) is 0. The highest BCUT2D eigenvalue weighted by molar-refractivity contribution is 4.90. The second kappa shape index (κ2) is 24.5. The fourth-order valence-corrected chi connectivity index (χ4v) is 5.90. The third-order valence-electron chi connectivity index (χ3n) is 8.39. The number of imidazole rings is 1. The normalized spacial score (nSPS) is 13.3. The topological polar surface area (TPSA) is 19.7 Å². The molecule has 0 radical (unpaired) electrons. The maximum absolute atomic E-state index is 3.71. The van der Waals surface area contributed by atoms with Crippen molar-refractivity contribution in [1.82, 2.24) is 4.98 Å². The number of nitrogens with zero attached hydrogens (tertiary/aromatic N) is 1. The van der Waals surface area contributed by atoms with Crippen LogP contribution in [0.3, 0.4) is 0 Å². The number of aromatic nitrogens is 2. The summed E-state index contributed by atoms with van der Waals surface area (Å²) in [4.78, 5) is 3.71. The van der Waals surface area contributed by atoms with E-state index in [9.17, 15) is 0 Å². The summed E-state index contributed by atoms with van der Waals surface area (Å²) >= 11 is 0. The zero-order valence-electron chi connectivity index (χ0n) is 25.4. The van der Waals surface area contributed by atoms with Crippen molar-refractivity contribution in [3.05, 3.63) is 18.2 Å². The van der Waals surface area contributed by atoms with Gasteiger partial charge in [0.05, 0.1) is 12.0 Å². The zero-order valence-corrected chi connectivity index (χ0v) is 25.4. The molecule has 1 aromatic heterocycles. The Bertz CT molecular complexity index is 563. The number of unbranched alkanes of at least 4 members (excludes halogenated alkanes) is 19. The average Bonchev–Trinajstić information content (AvgIpc) is 3.38. The van der Waals surface area contributed by atoms with Crippen molar-refractivity contribution >= 4 is 0 Å². The van der Waals surface area contributed by atoms with Crippen molar-refractivity contribution < 1.29 is 4.57 Å². The fraction of sp³-hybridized carbons (Fsp3) is 0.912. The van der Waals surface area contributed by atoms with Crippen LogP contribution < -0.4 is 4.57 Å². The molecule has 2 nitrogen and oxygen atoms in total. The quantitative estimate of drug-likeness (QED) is 0.0909. The SMILES string of the molecule is CCCCCCCCCCCC(C)[n+]1cc[nH]c1C(CCCCCCC)CCCCCCCCCC. The van der Waals surface area contributed by atoms with Crippen molar-refractivity contribution in [2.45, 2.75) is 200 Å². The van der Waals surface area contributed by atoms with Crippen molar-refractivity contribution in [2.24, 2.45) is 0 Å². The van der Waals surface area contributed by atoms with Gasteiger partial charge in [-0.2, -0.15) is 0 Å². The molecule has 0 bridgehead atoms. The molecule has 36 heavy (non-hydrogen) atoms. The van der Waals surface area contributed by atoms with E-state index in [0.29, 0.717) is 12.0 Å². The molecule has 0 aromatic carbocycles. The van der Waals surface area contributed by atoms with E-state index in [1.807, 2.05) is 0 Å². The zero-order chi connectivity index (χ0) is 26.1. The average molecular weight is 504 g/mol. The van der Waals surface area contributed by atoms with Crippen LogP contribution >= 0.6 is 0 Å². The minimum absolute atomic E-state index is 0.622. The van der Waals surface area contributed by atoms with Gasteiger partial charge in [0.1, 0.15) is 12.4 Å². The number of nitrogens with one attached hydrogen (secondary N) is 1. The molecule has 0 fully saturated rings. The molecule has 1 heterocycles. The van der Waals surface area contributed by atoms with Gasteiger partial charge in [-0.05, 0) is 32.6 Å². The number of hydrogen-bond acceptors (Lipinski definition) is 0. The van der Waals surface area contributed by atoms with Gasteiger partial charge in [-0.15, -0.1) is 0 Å². The van der Waals surface area contributed by atoms with Gasteiger partial charge in [0.2, 0.25) is 0 Å². The molecular weight excluding hydrogens is 436 g/mol. The van der Waals surface area contributed by atoms with Crippen LogP contribution in [0, 0.1) is 0 Å². The van der Waals surface area contributed by atoms with Crippen LogP contribution in [-0.2, 0) is 0 Å². The summed E-state index contributed by atoms with van der Waals surface area (Å²) < 4.78 is 2.62. The molecule has 0 saturated carbocycles. The Labute approximate surface area is 227 Å². The number of rotatable bonds is 27. The third-order valence-corrected chi connectivity index (χ3v) is 8.39. The molecule has 0 aliphatic heterocycles. The van der Waals surface area contributed by atoms with Crippen LogP contribution in [0.5, 0.6) is 0 Å². The summed E-state index contributed by atoms with van der Waals surface area (Å²) in [6.45, 7) is 9.40. The Balaban J connectivity index is 2.45. The van der Waals surface area contributed by atoms with E-state index in [4.69, 9.17) is 0 Å². The molecular formula is C34H67N2+. The van der Waals surface area contributed by atoms with Gasteiger partial charge in [-0.3, -0.25) is 0 Å². The second-order valence-electron chi connectivity index (χ2n) is 11.9. The lowest BCUT2D eigenvalue weighted by molar-refractivity contribution is -0.727. The van der Waals surface area contributed by atoms with E-state index in [1.54, 1.807) is 0 Å². The van der Waals surface area contributed by atoms with Gasteiger partial charge in [-0.1, -0.05) is 156 Å². The van der Waals surface area contributed by atoms with E-state index in [1.165, 1.54) is 166 Å². The molecule has 2 atom stereocenters. The minimum Gasteiger partial charge on any atom is -0.247 e. The first-order valence-electron chi connectivity index (χ1n) is 16.8. The van der Waals surface area contributed by atoms with Crippen molar-refractivity contribution in [3.63, 3.8) is 0 Å². The molecule has 0 aliphatic carbocycles. The van der Waals surface area contributed by atoms with E-state index >= 15 is 0 Å². The molecule has 1 N–H and O–H groups in total. The highest BCUT2D eigenvalue weighted by Crippen LogP contribution is 2.27. The lowest BCUT2D eigenvalue weighted by Crippen LogP contribution is -2.41. The van der Waals surface area contributed by atoms with Gasteiger partial charge in [-0.25, -0.2) is 9.55 Å². The first-order valence-corrected chi connectivity index (χ1v) is 16.8. The van der Waals surface area contributed by atoms with Gasteiger partial charge in [0.25, 0.3) is 5.82 Å². The maximum atomic E-state index is 3.71. The Morgan fingerprint density at radius 2 is 0.889 bits per heavy atom. The second-order valence-corrected chi connectivity index (χ2v) is 11.9. The highest BCUT2D eigenvalue weighted by Gasteiger charge is 2.25. The van der Waals surface area contributed by atoms with Crippen LogP contribution in [0.15, 0.2) is 12.4 Å². The van der Waals surface area contributed by atoms with Gasteiger partial charge in [0, 0.05) is 0 Å². The van der Waals surface area contributed by atoms with Gasteiger partial charge >= 0.3 is 0 Å². The van der Waals surface area contributed by atoms with Gasteiger partial charge < -0.3 is 0 Å². The molecule has 0 spiro atoms. The van der Waals surface area contributed by atoms with Crippen LogP contribution in [0.1, 0.15) is 206 Å². The predicted octanol–water partition coefficient (Wildman–Crippen LogP) is 11.8. The Morgan fingerprint density at radius 3 is 1.31 bits per heavy atom. The molecule has 1 rings (SSSR count). The molecule has 1 aromatic rings. The van der Waals surface area contributed by atoms with Crippen molar-refractivity contribution in [2.75, 3.05) is 0 Å². The largest absolute Gasteiger partial charge is 0.257 e. The Morgan fingerprint density at radius 1 is 0.528 bits per heavy atom. The van der Waals surface area contributed by atoms with E-state index < -0.39 is 0 Å². The standard InChI is InChI=1S/C34H66N2/c1-5-8-11-14-16-18-19-22-24-27-32(4)36-31-30-35-34(36)33(28-25-21-13-10-7-3)29-26-23-20-17-15-12-9-6-2/h30-33H,5-29H2,1-4H3/p+1. The number of H-pyrrole nitrogens is 1. The van der Waals surface area contributed by atoms with E-state index in [0.717, 1.165) is 0 Å². The molecule has 0 amide bonds. The summed E-state index contributed by atoms with van der Waals surface area (Å²) in [7, 11) is 0. The van der Waals surface area contributed by atoms with Crippen molar-refractivity contribution in [1.29, 1.82) is 0 Å². The molecule has 0 aliphatic rings. The number of aromatic amines is 1. The summed E-state index contributed by atoms with van der Waals surface area (Å²) in [5, 5.41) is 0. The van der Waals surface area contributed by atoms with Crippen LogP contribution in [0.4, 0.5) is 0 Å². The van der Waals surface area contributed by atoms with E-state index in [2.05, 4.69) is 49.6 Å². The summed E-state index contributed by atoms with van der Waals surface area (Å²) in [5.74, 6) is 2.24. The summed E-state index contributed by atoms with van der Waals surface area (Å²) in [6, 6.07) is 0.622. The van der Waals surface area contributed by atoms with Crippen LogP contribution in [0.25, 0.3) is 0 Å². The lowest BCUT2D eigenvalue weighted by atomic mass is 9.93. The highest BCUT2D eigenvalue weighted by atomic mass is 15.1. The first-order chi connectivity index (χ1) is 17.7. The number of hydrogen-bond donors (Lipinski definition) is 1.